The highest BCUT2D eigenvalue weighted by Gasteiger charge is 2.06. The minimum Gasteiger partial charge on any atom is -0.508 e. The molecule has 3 nitrogen and oxygen atoms in total. The number of hydrogen-bond acceptors (Lipinski definition) is 2. The Labute approximate surface area is 52.2 Å². The van der Waals surface area contributed by atoms with Crippen molar-refractivity contribution in [1.29, 1.82) is 0 Å². The summed E-state index contributed by atoms with van der Waals surface area (Å²) in [5.74, 6) is -0.531. The van der Waals surface area contributed by atoms with E-state index in [2.05, 4.69) is 11.3 Å². The quantitative estimate of drug-likeness (QED) is 0.529. The molecule has 0 bridgehead atoms. The second kappa shape index (κ2) is 1.85. The van der Waals surface area contributed by atoms with E-state index >= 15 is 0 Å². The molecule has 1 heterocycles. The van der Waals surface area contributed by atoms with E-state index in [0.29, 0.717) is 0 Å². The molecule has 0 fully saturated rings. The van der Waals surface area contributed by atoms with E-state index in [-0.39, 0.29) is 11.5 Å². The molecule has 0 unspecified atom stereocenters. The van der Waals surface area contributed by atoms with Gasteiger partial charge in [-0.1, -0.05) is 6.58 Å². The molecule has 1 N–H and O–H groups in total. The molecule has 0 saturated heterocycles. The zero-order chi connectivity index (χ0) is 6.85. The molecule has 9 heavy (non-hydrogen) atoms. The summed E-state index contributed by atoms with van der Waals surface area (Å²) in [5, 5.41) is 19.0. The normalized spacial score (nSPS) is 18.0. The van der Waals surface area contributed by atoms with Gasteiger partial charge in [0, 0.05) is 6.08 Å². The Balaban J connectivity index is 2.86. The largest absolute Gasteiger partial charge is 0.508 e. The first kappa shape index (κ1) is 5.75. The Morgan fingerprint density at radius 1 is 1.56 bits per heavy atom. The highest BCUT2D eigenvalue weighted by atomic mass is 16.6. The minimum atomic E-state index is -0.583. The van der Waals surface area contributed by atoms with Crippen molar-refractivity contribution in [2.24, 2.45) is 0 Å². The number of ether oxygens (including phenoxy) is 1. The highest BCUT2D eigenvalue weighted by molar-refractivity contribution is 5.25. The molecule has 1 aliphatic rings. The van der Waals surface area contributed by atoms with Crippen LogP contribution in [-0.4, -0.2) is 5.11 Å². The summed E-state index contributed by atoms with van der Waals surface area (Å²) >= 11 is 0. The lowest BCUT2D eigenvalue weighted by atomic mass is 10.3. The fraction of sp³-hybridized carbons (Fsp3) is 0. The molecule has 0 spiro atoms. The van der Waals surface area contributed by atoms with Crippen LogP contribution in [0.3, 0.4) is 0 Å². The predicted molar refractivity (Wildman–Crippen MR) is 29.7 cm³/mol. The lowest BCUT2D eigenvalue weighted by molar-refractivity contribution is 0.0949. The van der Waals surface area contributed by atoms with E-state index in [1.807, 2.05) is 0 Å². The average molecular weight is 125 g/mol. The third-order valence-corrected chi connectivity index (χ3v) is 0.806. The second-order valence-electron chi connectivity index (χ2n) is 1.60. The van der Waals surface area contributed by atoms with Gasteiger partial charge in [-0.25, -0.2) is 5.11 Å². The summed E-state index contributed by atoms with van der Waals surface area (Å²) in [5.41, 5.74) is 0. The minimum absolute atomic E-state index is 0.115. The molecule has 47 valence electrons. The molecule has 0 aliphatic carbocycles. The predicted octanol–water partition coefficient (Wildman–Crippen LogP) is 1.24. The van der Waals surface area contributed by atoms with Gasteiger partial charge in [-0.15, -0.1) is 0 Å². The summed E-state index contributed by atoms with van der Waals surface area (Å²) in [6, 6.07) is 0. The first-order chi connectivity index (χ1) is 4.18. The molecular formula is C6H5O3. The fourth-order valence-corrected chi connectivity index (χ4v) is 0.515. The van der Waals surface area contributed by atoms with E-state index in [0.717, 1.165) is 6.08 Å². The summed E-state index contributed by atoms with van der Waals surface area (Å²) < 4.78 is 4.43. The van der Waals surface area contributed by atoms with Crippen LogP contribution in [0.1, 0.15) is 0 Å². The van der Waals surface area contributed by atoms with Crippen molar-refractivity contribution in [3.8, 4) is 0 Å². The maximum Gasteiger partial charge on any atom is 0.339 e. The molecule has 0 saturated carbocycles. The zero-order valence-corrected chi connectivity index (χ0v) is 4.63. The average Bonchev–Trinajstić information content (AvgIpc) is 1.59. The van der Waals surface area contributed by atoms with E-state index in [4.69, 9.17) is 5.11 Å². The Morgan fingerprint density at radius 3 is 2.67 bits per heavy atom. The molecule has 0 aromatic carbocycles. The molecule has 3 heteroatoms. The molecule has 1 rings (SSSR count). The number of aliphatic hydroxyl groups excluding tert-OH is 1. The number of aliphatic hydroxyl groups is 1. The van der Waals surface area contributed by atoms with Gasteiger partial charge in [0.2, 0.25) is 0 Å². The third kappa shape index (κ3) is 1.25. The Morgan fingerprint density at radius 2 is 2.22 bits per heavy atom. The first-order valence-electron chi connectivity index (χ1n) is 2.34. The van der Waals surface area contributed by atoms with Crippen LogP contribution < -0.4 is 0 Å². The topological polar surface area (TPSA) is 49.4 Å². The van der Waals surface area contributed by atoms with Gasteiger partial charge in [-0.05, 0) is 0 Å². The van der Waals surface area contributed by atoms with Crippen LogP contribution in [0.15, 0.2) is 36.2 Å². The summed E-state index contributed by atoms with van der Waals surface area (Å²) in [6.07, 6.45) is 2.25. The fourth-order valence-electron chi connectivity index (χ4n) is 0.515. The molecular weight excluding hydrogens is 120 g/mol. The molecule has 0 atom stereocenters. The Bertz CT molecular complexity index is 200. The van der Waals surface area contributed by atoms with Crippen LogP contribution >= 0.6 is 0 Å². The van der Waals surface area contributed by atoms with Gasteiger partial charge in [0.1, 0.15) is 11.5 Å². The van der Waals surface area contributed by atoms with Crippen LogP contribution in [0.5, 0.6) is 0 Å². The molecule has 0 aromatic heterocycles. The van der Waals surface area contributed by atoms with Gasteiger partial charge in [0.25, 0.3) is 0 Å². The number of rotatable bonds is 0. The van der Waals surface area contributed by atoms with E-state index in [9.17, 15) is 5.11 Å². The second-order valence-corrected chi connectivity index (χ2v) is 1.60. The Kier molecular flexibility index (Phi) is 1.18. The van der Waals surface area contributed by atoms with Crippen molar-refractivity contribution in [1.82, 2.24) is 0 Å². The Hall–Kier alpha value is -1.38. The molecule has 1 aliphatic heterocycles. The van der Waals surface area contributed by atoms with Gasteiger partial charge >= 0.3 is 5.95 Å². The van der Waals surface area contributed by atoms with Crippen molar-refractivity contribution < 1.29 is 14.9 Å². The van der Waals surface area contributed by atoms with E-state index in [1.165, 1.54) is 6.08 Å². The van der Waals surface area contributed by atoms with Crippen molar-refractivity contribution in [3.63, 3.8) is 0 Å². The van der Waals surface area contributed by atoms with Gasteiger partial charge in [-0.3, -0.25) is 0 Å². The zero-order valence-electron chi connectivity index (χ0n) is 4.63. The SMILES string of the molecule is C=C1C=C(O)C=C([O])O1. The monoisotopic (exact) mass is 125 g/mol. The molecule has 0 amide bonds. The lowest BCUT2D eigenvalue weighted by Crippen LogP contribution is -1.95. The third-order valence-electron chi connectivity index (χ3n) is 0.806. The lowest BCUT2D eigenvalue weighted by Gasteiger charge is -2.05. The maximum absolute atomic E-state index is 10.3. The summed E-state index contributed by atoms with van der Waals surface area (Å²) in [6.45, 7) is 3.32. The van der Waals surface area contributed by atoms with Crippen molar-refractivity contribution in [2.45, 2.75) is 0 Å². The highest BCUT2D eigenvalue weighted by Crippen LogP contribution is 2.13. The maximum atomic E-state index is 10.3. The van der Waals surface area contributed by atoms with Crippen molar-refractivity contribution in [2.75, 3.05) is 0 Å². The summed E-state index contributed by atoms with van der Waals surface area (Å²) in [7, 11) is 0. The first-order valence-corrected chi connectivity index (χ1v) is 2.34. The van der Waals surface area contributed by atoms with Crippen molar-refractivity contribution in [3.05, 3.63) is 36.2 Å². The van der Waals surface area contributed by atoms with Gasteiger partial charge in [-0.2, -0.15) is 0 Å². The van der Waals surface area contributed by atoms with E-state index < -0.39 is 5.95 Å². The van der Waals surface area contributed by atoms with Crippen LogP contribution in [0.2, 0.25) is 0 Å². The van der Waals surface area contributed by atoms with Gasteiger partial charge in [0.15, 0.2) is 0 Å². The van der Waals surface area contributed by atoms with Crippen LogP contribution in [0.4, 0.5) is 0 Å². The van der Waals surface area contributed by atoms with Gasteiger partial charge < -0.3 is 9.84 Å². The summed E-state index contributed by atoms with van der Waals surface area (Å²) in [4.78, 5) is 0. The van der Waals surface area contributed by atoms with E-state index in [1.54, 1.807) is 0 Å². The van der Waals surface area contributed by atoms with Crippen LogP contribution in [-0.2, 0) is 9.84 Å². The number of allylic oxidation sites excluding steroid dienone is 2. The molecule has 1 radical (unpaired) electrons. The standard InChI is InChI=1S/C6H5O3/c1-4-2-5(7)3-6(8)9-4/h2-3,7H,1H2. The smallest absolute Gasteiger partial charge is 0.339 e. The van der Waals surface area contributed by atoms with Crippen LogP contribution in [0, 0.1) is 0 Å². The number of hydrogen-bond donors (Lipinski definition) is 1. The van der Waals surface area contributed by atoms with Crippen molar-refractivity contribution >= 4 is 0 Å². The van der Waals surface area contributed by atoms with Gasteiger partial charge in [0.05, 0.1) is 6.08 Å². The van der Waals surface area contributed by atoms with Crippen LogP contribution in [0.25, 0.3) is 0 Å². The molecule has 0 aromatic rings.